The molecule has 1 aliphatic heterocycles. The number of urea groups is 1. The molecule has 2 heterocycles. The van der Waals surface area contributed by atoms with Gasteiger partial charge in [-0.05, 0) is 49.6 Å². The number of carbonyl (C=O) groups is 1. The van der Waals surface area contributed by atoms with Crippen molar-refractivity contribution in [3.63, 3.8) is 0 Å². The molecule has 146 valence electrons. The van der Waals surface area contributed by atoms with E-state index in [0.29, 0.717) is 31.3 Å². The fraction of sp³-hybridized carbons (Fsp3) is 0.304. The van der Waals surface area contributed by atoms with E-state index in [4.69, 9.17) is 4.74 Å². The molecule has 0 saturated carbocycles. The van der Waals surface area contributed by atoms with E-state index in [1.165, 1.54) is 16.7 Å². The number of anilines is 1. The van der Waals surface area contributed by atoms with Crippen molar-refractivity contribution in [2.75, 3.05) is 25.1 Å². The second-order valence-electron chi connectivity index (χ2n) is 6.96. The molecule has 1 fully saturated rings. The highest BCUT2D eigenvalue weighted by atomic mass is 16.5. The molecule has 0 radical (unpaired) electrons. The Kier molecular flexibility index (Phi) is 5.83. The molecule has 2 aromatic rings. The van der Waals surface area contributed by atoms with Gasteiger partial charge in [-0.15, -0.1) is 0 Å². The summed E-state index contributed by atoms with van der Waals surface area (Å²) in [5.41, 5.74) is 5.39. The fourth-order valence-electron chi connectivity index (χ4n) is 3.46. The van der Waals surface area contributed by atoms with Gasteiger partial charge in [-0.2, -0.15) is 4.98 Å². The molecule has 0 spiro atoms. The highest BCUT2D eigenvalue weighted by molar-refractivity contribution is 5.93. The Labute approximate surface area is 166 Å². The van der Waals surface area contributed by atoms with Crippen LogP contribution in [-0.2, 0) is 6.54 Å². The van der Waals surface area contributed by atoms with Crippen molar-refractivity contribution in [1.82, 2.24) is 9.88 Å². The third kappa shape index (κ3) is 3.79. The second kappa shape index (κ2) is 8.30. The van der Waals surface area contributed by atoms with Crippen LogP contribution in [-0.4, -0.2) is 36.1 Å². The Morgan fingerprint density at radius 1 is 1.25 bits per heavy atom. The third-order valence-electron chi connectivity index (χ3n) is 5.12. The van der Waals surface area contributed by atoms with Gasteiger partial charge in [0.25, 0.3) is 0 Å². The average Bonchev–Trinajstić information content (AvgIpc) is 3.06. The van der Waals surface area contributed by atoms with Crippen molar-refractivity contribution in [3.8, 4) is 5.88 Å². The molecule has 0 N–H and O–H groups in total. The van der Waals surface area contributed by atoms with Gasteiger partial charge in [0, 0.05) is 25.2 Å². The zero-order valence-electron chi connectivity index (χ0n) is 17.0. The molecule has 1 aromatic heterocycles. The quantitative estimate of drug-likeness (QED) is 0.683. The number of hydrogen-bond acceptors (Lipinski definition) is 3. The molecule has 1 aromatic carbocycles. The van der Waals surface area contributed by atoms with Gasteiger partial charge in [0.05, 0.1) is 7.11 Å². The molecule has 2 amide bonds. The first-order valence-corrected chi connectivity index (χ1v) is 9.45. The number of aryl methyl sites for hydroxylation is 2. The second-order valence-corrected chi connectivity index (χ2v) is 6.96. The molecule has 1 saturated heterocycles. The van der Waals surface area contributed by atoms with Gasteiger partial charge in [0.2, 0.25) is 5.88 Å². The molecule has 0 unspecified atom stereocenters. The summed E-state index contributed by atoms with van der Waals surface area (Å²) >= 11 is 0. The number of aromatic nitrogens is 1. The van der Waals surface area contributed by atoms with Crippen molar-refractivity contribution in [3.05, 3.63) is 71.3 Å². The highest BCUT2D eigenvalue weighted by Crippen LogP contribution is 2.29. The van der Waals surface area contributed by atoms with Crippen LogP contribution in [0.3, 0.4) is 0 Å². The van der Waals surface area contributed by atoms with Gasteiger partial charge < -0.3 is 9.64 Å². The Bertz CT molecular complexity index is 933. The molecule has 0 atom stereocenters. The lowest BCUT2D eigenvalue weighted by Gasteiger charge is -2.20. The van der Waals surface area contributed by atoms with Crippen LogP contribution in [0.4, 0.5) is 10.6 Å². The number of amides is 2. The lowest BCUT2D eigenvalue weighted by atomic mass is 10.1. The van der Waals surface area contributed by atoms with E-state index in [9.17, 15) is 4.79 Å². The number of nitrogens with zero attached hydrogens (tertiary/aromatic N) is 3. The smallest absolute Gasteiger partial charge is 0.326 e. The highest BCUT2D eigenvalue weighted by Gasteiger charge is 2.31. The number of pyridine rings is 1. The van der Waals surface area contributed by atoms with Crippen LogP contribution < -0.4 is 9.64 Å². The van der Waals surface area contributed by atoms with Crippen molar-refractivity contribution in [1.29, 1.82) is 0 Å². The van der Waals surface area contributed by atoms with Crippen LogP contribution in [0.1, 0.15) is 29.2 Å². The van der Waals surface area contributed by atoms with Crippen molar-refractivity contribution in [2.45, 2.75) is 27.3 Å². The fourth-order valence-corrected chi connectivity index (χ4v) is 3.46. The van der Waals surface area contributed by atoms with E-state index in [2.05, 4.69) is 43.6 Å². The summed E-state index contributed by atoms with van der Waals surface area (Å²) in [6.45, 7) is 11.8. The largest absolute Gasteiger partial charge is 0.480 e. The summed E-state index contributed by atoms with van der Waals surface area (Å²) < 4.78 is 5.47. The number of methoxy groups -OCH3 is 1. The monoisotopic (exact) mass is 377 g/mol. The summed E-state index contributed by atoms with van der Waals surface area (Å²) in [6, 6.07) is 10.1. The molecule has 5 heteroatoms. The Balaban J connectivity index is 1.83. The van der Waals surface area contributed by atoms with Crippen LogP contribution >= 0.6 is 0 Å². The lowest BCUT2D eigenvalue weighted by molar-refractivity contribution is 0.218. The van der Waals surface area contributed by atoms with Gasteiger partial charge >= 0.3 is 6.03 Å². The summed E-state index contributed by atoms with van der Waals surface area (Å²) in [5.74, 6) is 1.10. The molecular formula is C23H27N3O2. The number of carbonyl (C=O) groups excluding carboxylic acids is 1. The first-order chi connectivity index (χ1) is 13.5. The molecule has 1 aliphatic rings. The van der Waals surface area contributed by atoms with Gasteiger partial charge in [0.15, 0.2) is 0 Å². The van der Waals surface area contributed by atoms with Crippen LogP contribution in [0.2, 0.25) is 0 Å². The summed E-state index contributed by atoms with van der Waals surface area (Å²) in [4.78, 5) is 21.1. The minimum Gasteiger partial charge on any atom is -0.480 e. The van der Waals surface area contributed by atoms with Gasteiger partial charge in [-0.1, -0.05) is 42.5 Å². The summed E-state index contributed by atoms with van der Waals surface area (Å²) in [7, 11) is 1.59. The SMILES string of the molecule is C=C/C(=C\C)c1ccc(N2CCN(Cc3cc(C)ccc3C)C2=O)nc1OC. The van der Waals surface area contributed by atoms with E-state index in [0.717, 1.165) is 11.1 Å². The van der Waals surface area contributed by atoms with Crippen molar-refractivity contribution in [2.24, 2.45) is 0 Å². The molecule has 0 aliphatic carbocycles. The number of allylic oxidation sites excluding steroid dienone is 3. The minimum atomic E-state index is -0.0295. The maximum absolute atomic E-state index is 13.0. The molecule has 3 rings (SSSR count). The predicted octanol–water partition coefficient (Wildman–Crippen LogP) is 4.74. The Hall–Kier alpha value is -3.08. The maximum Gasteiger partial charge on any atom is 0.326 e. The normalized spacial score (nSPS) is 14.6. The van der Waals surface area contributed by atoms with E-state index in [-0.39, 0.29) is 6.03 Å². The third-order valence-corrected chi connectivity index (χ3v) is 5.12. The van der Waals surface area contributed by atoms with E-state index in [1.807, 2.05) is 30.0 Å². The maximum atomic E-state index is 13.0. The zero-order valence-corrected chi connectivity index (χ0v) is 17.0. The van der Waals surface area contributed by atoms with Crippen LogP contribution in [0.15, 0.2) is 49.1 Å². The van der Waals surface area contributed by atoms with Crippen molar-refractivity contribution < 1.29 is 9.53 Å². The Morgan fingerprint density at radius 3 is 2.71 bits per heavy atom. The number of hydrogen-bond donors (Lipinski definition) is 0. The molecule has 0 bridgehead atoms. The number of benzene rings is 1. The molecular weight excluding hydrogens is 350 g/mol. The van der Waals surface area contributed by atoms with E-state index in [1.54, 1.807) is 18.1 Å². The number of ether oxygens (including phenoxy) is 1. The van der Waals surface area contributed by atoms with E-state index < -0.39 is 0 Å². The summed E-state index contributed by atoms with van der Waals surface area (Å²) in [5, 5.41) is 0. The van der Waals surface area contributed by atoms with Gasteiger partial charge in [-0.3, -0.25) is 4.90 Å². The number of rotatable bonds is 6. The van der Waals surface area contributed by atoms with Crippen LogP contribution in [0, 0.1) is 13.8 Å². The molecule has 5 nitrogen and oxygen atoms in total. The van der Waals surface area contributed by atoms with E-state index >= 15 is 0 Å². The predicted molar refractivity (Wildman–Crippen MR) is 114 cm³/mol. The lowest BCUT2D eigenvalue weighted by Crippen LogP contribution is -2.32. The average molecular weight is 377 g/mol. The van der Waals surface area contributed by atoms with Crippen molar-refractivity contribution >= 4 is 17.4 Å². The first kappa shape index (κ1) is 19.7. The minimum absolute atomic E-state index is 0.0295. The Morgan fingerprint density at radius 2 is 2.04 bits per heavy atom. The topological polar surface area (TPSA) is 45.7 Å². The summed E-state index contributed by atoms with van der Waals surface area (Å²) in [6.07, 6.45) is 3.73. The zero-order chi connectivity index (χ0) is 20.3. The first-order valence-electron chi connectivity index (χ1n) is 9.45. The van der Waals surface area contributed by atoms with Crippen LogP contribution in [0.5, 0.6) is 5.88 Å². The van der Waals surface area contributed by atoms with Gasteiger partial charge in [-0.25, -0.2) is 4.79 Å². The molecule has 28 heavy (non-hydrogen) atoms. The standard InChI is InChI=1S/C23H27N3O2/c1-6-18(7-2)20-10-11-21(24-22(20)28-5)26-13-12-25(23(26)27)15-19-14-16(3)8-9-17(19)4/h6-11,14H,1,12-13,15H2,2-5H3/b18-7+. The van der Waals surface area contributed by atoms with Crippen LogP contribution in [0.25, 0.3) is 5.57 Å². The van der Waals surface area contributed by atoms with Gasteiger partial charge in [0.1, 0.15) is 5.82 Å².